The molecule has 0 saturated heterocycles. The summed E-state index contributed by atoms with van der Waals surface area (Å²) < 4.78 is 10.9. The molecule has 0 amide bonds. The van der Waals surface area contributed by atoms with E-state index in [4.69, 9.17) is 9.47 Å². The highest BCUT2D eigenvalue weighted by Gasteiger charge is 2.18. The van der Waals surface area contributed by atoms with Crippen LogP contribution in [0.3, 0.4) is 0 Å². The van der Waals surface area contributed by atoms with E-state index >= 15 is 0 Å². The van der Waals surface area contributed by atoms with Crippen molar-refractivity contribution in [3.8, 4) is 17.2 Å². The SMILES string of the molecule is COc1ccc(C2=C(C)c3ccc(O)cc3OC2)cc1. The summed E-state index contributed by atoms with van der Waals surface area (Å²) >= 11 is 0. The zero-order valence-electron chi connectivity index (χ0n) is 11.5. The first-order valence-corrected chi connectivity index (χ1v) is 6.49. The van der Waals surface area contributed by atoms with Gasteiger partial charge in [-0.3, -0.25) is 0 Å². The van der Waals surface area contributed by atoms with Crippen molar-refractivity contribution in [2.24, 2.45) is 0 Å². The van der Waals surface area contributed by atoms with E-state index in [1.54, 1.807) is 19.2 Å². The average Bonchev–Trinajstić information content (AvgIpc) is 2.48. The van der Waals surface area contributed by atoms with Crippen LogP contribution in [0.2, 0.25) is 0 Å². The van der Waals surface area contributed by atoms with Gasteiger partial charge in [-0.2, -0.15) is 0 Å². The molecule has 2 aromatic rings. The fourth-order valence-corrected chi connectivity index (χ4v) is 2.45. The van der Waals surface area contributed by atoms with Crippen molar-refractivity contribution in [2.45, 2.75) is 6.92 Å². The van der Waals surface area contributed by atoms with E-state index in [9.17, 15) is 5.11 Å². The maximum atomic E-state index is 9.51. The Labute approximate surface area is 118 Å². The molecule has 3 rings (SSSR count). The summed E-state index contributed by atoms with van der Waals surface area (Å²) in [7, 11) is 1.66. The molecule has 3 heteroatoms. The fraction of sp³-hybridized carbons (Fsp3) is 0.176. The number of allylic oxidation sites excluding steroid dienone is 1. The first-order valence-electron chi connectivity index (χ1n) is 6.49. The Balaban J connectivity index is 2.05. The number of aromatic hydroxyl groups is 1. The van der Waals surface area contributed by atoms with Crippen LogP contribution in [0.25, 0.3) is 11.1 Å². The number of benzene rings is 2. The Hall–Kier alpha value is -2.42. The third-order valence-corrected chi connectivity index (χ3v) is 3.63. The molecule has 1 aliphatic rings. The van der Waals surface area contributed by atoms with Crippen LogP contribution < -0.4 is 9.47 Å². The van der Waals surface area contributed by atoms with Gasteiger partial charge in [-0.05, 0) is 42.3 Å². The summed E-state index contributed by atoms with van der Waals surface area (Å²) in [5.41, 5.74) is 4.49. The number of hydrogen-bond acceptors (Lipinski definition) is 3. The van der Waals surface area contributed by atoms with Crippen molar-refractivity contribution in [1.29, 1.82) is 0 Å². The van der Waals surface area contributed by atoms with Crippen molar-refractivity contribution >= 4 is 11.1 Å². The van der Waals surface area contributed by atoms with Gasteiger partial charge in [0.1, 0.15) is 23.9 Å². The molecule has 0 saturated carbocycles. The molecule has 2 aromatic carbocycles. The van der Waals surface area contributed by atoms with Crippen LogP contribution in [0.5, 0.6) is 17.2 Å². The molecule has 0 unspecified atom stereocenters. The van der Waals surface area contributed by atoms with Gasteiger partial charge >= 0.3 is 0 Å². The highest BCUT2D eigenvalue weighted by molar-refractivity contribution is 5.93. The van der Waals surface area contributed by atoms with Gasteiger partial charge in [0.2, 0.25) is 0 Å². The quantitative estimate of drug-likeness (QED) is 0.902. The molecule has 1 N–H and O–H groups in total. The van der Waals surface area contributed by atoms with Crippen LogP contribution in [0.1, 0.15) is 18.1 Å². The molecule has 0 atom stereocenters. The van der Waals surface area contributed by atoms with Crippen LogP contribution in [-0.4, -0.2) is 18.8 Å². The van der Waals surface area contributed by atoms with Crippen molar-refractivity contribution in [3.05, 3.63) is 53.6 Å². The normalized spacial score (nSPS) is 13.7. The fourth-order valence-electron chi connectivity index (χ4n) is 2.45. The van der Waals surface area contributed by atoms with Gasteiger partial charge in [-0.1, -0.05) is 12.1 Å². The van der Waals surface area contributed by atoms with Crippen LogP contribution in [0, 0.1) is 0 Å². The van der Waals surface area contributed by atoms with Gasteiger partial charge in [0.05, 0.1) is 7.11 Å². The third kappa shape index (κ3) is 2.11. The van der Waals surface area contributed by atoms with E-state index in [-0.39, 0.29) is 5.75 Å². The molecule has 1 aliphatic heterocycles. The van der Waals surface area contributed by atoms with E-state index in [2.05, 4.69) is 6.92 Å². The number of hydrogen-bond donors (Lipinski definition) is 1. The molecule has 102 valence electrons. The van der Waals surface area contributed by atoms with Crippen molar-refractivity contribution in [1.82, 2.24) is 0 Å². The number of phenols is 1. The van der Waals surface area contributed by atoms with E-state index in [0.29, 0.717) is 6.61 Å². The lowest BCUT2D eigenvalue weighted by Crippen LogP contribution is -2.09. The predicted molar refractivity (Wildman–Crippen MR) is 79.1 cm³/mol. The molecule has 0 spiro atoms. The summed E-state index contributed by atoms with van der Waals surface area (Å²) in [5, 5.41) is 9.51. The average molecular weight is 268 g/mol. The Morgan fingerprint density at radius 2 is 1.85 bits per heavy atom. The van der Waals surface area contributed by atoms with Gasteiger partial charge in [0, 0.05) is 17.2 Å². The number of fused-ring (bicyclic) bond motifs is 1. The topological polar surface area (TPSA) is 38.7 Å². The summed E-state index contributed by atoms with van der Waals surface area (Å²) in [5.74, 6) is 1.80. The van der Waals surface area contributed by atoms with Crippen molar-refractivity contribution in [2.75, 3.05) is 13.7 Å². The Morgan fingerprint density at radius 3 is 2.55 bits per heavy atom. The molecule has 0 radical (unpaired) electrons. The van der Waals surface area contributed by atoms with E-state index in [1.807, 2.05) is 30.3 Å². The van der Waals surface area contributed by atoms with Crippen molar-refractivity contribution < 1.29 is 14.6 Å². The number of methoxy groups -OCH3 is 1. The molecule has 20 heavy (non-hydrogen) atoms. The van der Waals surface area contributed by atoms with Crippen LogP contribution in [0.4, 0.5) is 0 Å². The second kappa shape index (κ2) is 4.93. The lowest BCUT2D eigenvalue weighted by molar-refractivity contribution is 0.361. The predicted octanol–water partition coefficient (Wildman–Crippen LogP) is 3.72. The van der Waals surface area contributed by atoms with Gasteiger partial charge in [0.25, 0.3) is 0 Å². The van der Waals surface area contributed by atoms with E-state index in [1.165, 1.54) is 5.57 Å². The van der Waals surface area contributed by atoms with Gasteiger partial charge < -0.3 is 14.6 Å². The van der Waals surface area contributed by atoms with Gasteiger partial charge in [-0.15, -0.1) is 0 Å². The zero-order chi connectivity index (χ0) is 14.1. The summed E-state index contributed by atoms with van der Waals surface area (Å²) in [6.45, 7) is 2.59. The highest BCUT2D eigenvalue weighted by atomic mass is 16.5. The number of phenolic OH excluding ortho intramolecular Hbond substituents is 1. The van der Waals surface area contributed by atoms with Crippen LogP contribution in [-0.2, 0) is 0 Å². The molecule has 0 aromatic heterocycles. The van der Waals surface area contributed by atoms with E-state index < -0.39 is 0 Å². The highest BCUT2D eigenvalue weighted by Crippen LogP contribution is 2.38. The van der Waals surface area contributed by atoms with E-state index in [0.717, 1.165) is 28.2 Å². The van der Waals surface area contributed by atoms with Crippen molar-refractivity contribution in [3.63, 3.8) is 0 Å². The maximum Gasteiger partial charge on any atom is 0.130 e. The summed E-state index contributed by atoms with van der Waals surface area (Å²) in [6.07, 6.45) is 0. The van der Waals surface area contributed by atoms with Crippen LogP contribution >= 0.6 is 0 Å². The molecule has 1 heterocycles. The van der Waals surface area contributed by atoms with Gasteiger partial charge in [-0.25, -0.2) is 0 Å². The standard InChI is InChI=1S/C17H16O3/c1-11-15-8-5-13(18)9-17(15)20-10-16(11)12-3-6-14(19-2)7-4-12/h3-9,18H,10H2,1-2H3. The monoisotopic (exact) mass is 268 g/mol. The molecule has 0 fully saturated rings. The zero-order valence-corrected chi connectivity index (χ0v) is 11.5. The lowest BCUT2D eigenvalue weighted by Gasteiger charge is -2.22. The second-order valence-electron chi connectivity index (χ2n) is 4.80. The minimum Gasteiger partial charge on any atom is -0.508 e. The van der Waals surface area contributed by atoms with Gasteiger partial charge in [0.15, 0.2) is 0 Å². The first kappa shape index (κ1) is 12.6. The largest absolute Gasteiger partial charge is 0.508 e. The summed E-state index contributed by atoms with van der Waals surface area (Å²) in [4.78, 5) is 0. The van der Waals surface area contributed by atoms with Crippen LogP contribution in [0.15, 0.2) is 42.5 Å². The Kier molecular flexibility index (Phi) is 3.11. The number of ether oxygens (including phenoxy) is 2. The Bertz CT molecular complexity index is 669. The smallest absolute Gasteiger partial charge is 0.130 e. The maximum absolute atomic E-state index is 9.51. The molecular weight excluding hydrogens is 252 g/mol. The molecule has 0 bridgehead atoms. The minimum absolute atomic E-state index is 0.226. The molecule has 0 aliphatic carbocycles. The Morgan fingerprint density at radius 1 is 1.10 bits per heavy atom. The molecular formula is C17H16O3. The summed E-state index contributed by atoms with van der Waals surface area (Å²) in [6, 6.07) is 13.2. The first-order chi connectivity index (χ1) is 9.69. The second-order valence-corrected chi connectivity index (χ2v) is 4.80. The lowest BCUT2D eigenvalue weighted by atomic mass is 9.93. The molecule has 3 nitrogen and oxygen atoms in total. The number of rotatable bonds is 2. The minimum atomic E-state index is 0.226. The third-order valence-electron chi connectivity index (χ3n) is 3.63.